The van der Waals surface area contributed by atoms with Crippen LogP contribution in [0.3, 0.4) is 0 Å². The van der Waals surface area contributed by atoms with Crippen molar-refractivity contribution in [3.8, 4) is 0 Å². The van der Waals surface area contributed by atoms with Gasteiger partial charge in [0.05, 0.1) is 8.45 Å². The molecule has 0 radical (unpaired) electrons. The van der Waals surface area contributed by atoms with Gasteiger partial charge >= 0.3 is 0 Å². The van der Waals surface area contributed by atoms with Crippen LogP contribution in [0.25, 0.3) is 0 Å². The Morgan fingerprint density at radius 3 is 2.33 bits per heavy atom. The molecule has 0 aliphatic rings. The van der Waals surface area contributed by atoms with E-state index in [4.69, 9.17) is 4.74 Å². The first-order valence-corrected chi connectivity index (χ1v) is 7.98. The molecule has 0 saturated carbocycles. The zero-order valence-electron chi connectivity index (χ0n) is 11.2. The number of hydrogen-bond acceptors (Lipinski definition) is 4. The Labute approximate surface area is 139 Å². The molecule has 1 aromatic heterocycles. The van der Waals surface area contributed by atoms with E-state index in [1.54, 1.807) is 24.3 Å². The van der Waals surface area contributed by atoms with Gasteiger partial charge in [0.1, 0.15) is 6.61 Å². The second-order valence-electron chi connectivity index (χ2n) is 4.15. The maximum atomic E-state index is 12.0. The molecule has 0 saturated heterocycles. The average Bonchev–Trinajstić information content (AvgIpc) is 2.88. The number of hydrogen-bond donors (Lipinski definition) is 2. The fourth-order valence-electron chi connectivity index (χ4n) is 1.60. The Balaban J connectivity index is 1.96. The fourth-order valence-corrected chi connectivity index (χ4v) is 2.92. The molecule has 0 bridgehead atoms. The van der Waals surface area contributed by atoms with Crippen molar-refractivity contribution in [3.05, 3.63) is 44.2 Å². The van der Waals surface area contributed by atoms with Crippen molar-refractivity contribution in [3.63, 3.8) is 0 Å². The van der Waals surface area contributed by atoms with E-state index in [9.17, 15) is 9.59 Å². The van der Waals surface area contributed by atoms with E-state index in [1.165, 1.54) is 18.4 Å². The fraction of sp³-hybridized carbons (Fsp3) is 0.143. The summed E-state index contributed by atoms with van der Waals surface area (Å²) in [6.07, 6.45) is 0. The summed E-state index contributed by atoms with van der Waals surface area (Å²) in [4.78, 5) is 23.3. The number of benzene rings is 1. The molecule has 110 valence electrons. The lowest BCUT2D eigenvalue weighted by atomic mass is 10.2. The normalized spacial score (nSPS) is 10.2. The number of nitrogens with one attached hydrogen (secondary N) is 2. The number of amides is 2. The van der Waals surface area contributed by atoms with Gasteiger partial charge in [0, 0.05) is 23.9 Å². The third kappa shape index (κ3) is 4.80. The maximum Gasteiger partial charge on any atom is 0.256 e. The van der Waals surface area contributed by atoms with Gasteiger partial charge in [0.15, 0.2) is 0 Å². The highest BCUT2D eigenvalue weighted by Gasteiger charge is 2.08. The summed E-state index contributed by atoms with van der Waals surface area (Å²) >= 11 is 3.70. The van der Waals surface area contributed by atoms with Crippen molar-refractivity contribution >= 4 is 57.1 Å². The first-order valence-electron chi connectivity index (χ1n) is 6.02. The highest BCUT2D eigenvalue weighted by atomic mass is 127. The number of halogens is 1. The number of ether oxygens (including phenoxy) is 1. The Morgan fingerprint density at radius 1 is 1.19 bits per heavy atom. The van der Waals surface area contributed by atoms with Crippen LogP contribution in [0.1, 0.15) is 10.4 Å². The minimum Gasteiger partial charge on any atom is -0.375 e. The van der Waals surface area contributed by atoms with Gasteiger partial charge in [-0.1, -0.05) is 0 Å². The molecule has 0 fully saturated rings. The second kappa shape index (κ2) is 7.53. The van der Waals surface area contributed by atoms with Gasteiger partial charge in [-0.3, -0.25) is 9.59 Å². The Kier molecular flexibility index (Phi) is 5.71. The number of thiophene rings is 1. The first kappa shape index (κ1) is 15.9. The lowest BCUT2D eigenvalue weighted by Gasteiger charge is -2.07. The van der Waals surface area contributed by atoms with Gasteiger partial charge in [-0.2, -0.15) is 0 Å². The van der Waals surface area contributed by atoms with Crippen molar-refractivity contribution in [2.45, 2.75) is 0 Å². The molecule has 0 atom stereocenters. The molecule has 2 N–H and O–H groups in total. The zero-order valence-corrected chi connectivity index (χ0v) is 14.2. The van der Waals surface area contributed by atoms with Crippen LogP contribution in [-0.2, 0) is 9.53 Å². The van der Waals surface area contributed by atoms with Crippen molar-refractivity contribution in [1.29, 1.82) is 0 Å². The highest BCUT2D eigenvalue weighted by molar-refractivity contribution is 14.1. The SMILES string of the molecule is COCC(=O)Nc1ccc(NC(=O)c2csc(I)c2)cc1. The predicted octanol–water partition coefficient (Wildman–Crippen LogP) is 3.19. The Morgan fingerprint density at radius 2 is 1.81 bits per heavy atom. The molecule has 0 spiro atoms. The maximum absolute atomic E-state index is 12.0. The van der Waals surface area contributed by atoms with Gasteiger partial charge in [-0.05, 0) is 52.9 Å². The topological polar surface area (TPSA) is 67.4 Å². The van der Waals surface area contributed by atoms with E-state index in [2.05, 4.69) is 33.2 Å². The van der Waals surface area contributed by atoms with Gasteiger partial charge in [-0.15, -0.1) is 11.3 Å². The van der Waals surface area contributed by atoms with Crippen LogP contribution >= 0.6 is 33.9 Å². The van der Waals surface area contributed by atoms with E-state index in [0.717, 1.165) is 2.88 Å². The molecular formula is C14H13IN2O3S. The predicted molar refractivity (Wildman–Crippen MR) is 91.9 cm³/mol. The van der Waals surface area contributed by atoms with Crippen molar-refractivity contribution < 1.29 is 14.3 Å². The lowest BCUT2D eigenvalue weighted by Crippen LogP contribution is -2.17. The monoisotopic (exact) mass is 416 g/mol. The van der Waals surface area contributed by atoms with Crippen LogP contribution in [-0.4, -0.2) is 25.5 Å². The summed E-state index contributed by atoms with van der Waals surface area (Å²) in [5.41, 5.74) is 1.97. The molecule has 21 heavy (non-hydrogen) atoms. The summed E-state index contributed by atoms with van der Waals surface area (Å²) in [5, 5.41) is 7.30. The molecule has 2 amide bonds. The number of rotatable bonds is 5. The number of carbonyl (C=O) groups excluding carboxylic acids is 2. The van der Waals surface area contributed by atoms with Crippen LogP contribution in [0.5, 0.6) is 0 Å². The van der Waals surface area contributed by atoms with Gasteiger partial charge in [0.2, 0.25) is 5.91 Å². The smallest absolute Gasteiger partial charge is 0.256 e. The molecular weight excluding hydrogens is 403 g/mol. The quantitative estimate of drug-likeness (QED) is 0.736. The molecule has 7 heteroatoms. The van der Waals surface area contributed by atoms with Crippen LogP contribution in [0, 0.1) is 2.88 Å². The summed E-state index contributed by atoms with van der Waals surface area (Å²) in [7, 11) is 1.46. The number of methoxy groups -OCH3 is 1. The highest BCUT2D eigenvalue weighted by Crippen LogP contribution is 2.19. The minimum absolute atomic E-state index is 0.00921. The molecule has 1 heterocycles. The molecule has 2 aromatic rings. The third-order valence-corrected chi connectivity index (χ3v) is 4.32. The van der Waals surface area contributed by atoms with Crippen molar-refractivity contribution in [2.24, 2.45) is 0 Å². The number of carbonyl (C=O) groups is 2. The van der Waals surface area contributed by atoms with Gasteiger partial charge in [-0.25, -0.2) is 0 Å². The second-order valence-corrected chi connectivity index (χ2v) is 6.96. The third-order valence-electron chi connectivity index (χ3n) is 2.53. The van der Waals surface area contributed by atoms with Crippen LogP contribution in [0.15, 0.2) is 35.7 Å². The van der Waals surface area contributed by atoms with E-state index in [-0.39, 0.29) is 18.4 Å². The molecule has 0 aliphatic carbocycles. The summed E-state index contributed by atoms with van der Waals surface area (Å²) in [5.74, 6) is -0.368. The molecule has 0 aliphatic heterocycles. The largest absolute Gasteiger partial charge is 0.375 e. The first-order chi connectivity index (χ1) is 10.1. The van der Waals surface area contributed by atoms with Crippen molar-refractivity contribution in [2.75, 3.05) is 24.4 Å². The van der Waals surface area contributed by atoms with Crippen LogP contribution in [0.2, 0.25) is 0 Å². The molecule has 5 nitrogen and oxygen atoms in total. The standard InChI is InChI=1S/C14H13IN2O3S/c1-20-7-13(18)16-10-2-4-11(5-3-10)17-14(19)9-6-12(15)21-8-9/h2-6,8H,7H2,1H3,(H,16,18)(H,17,19). The Hall–Kier alpha value is -1.45. The molecule has 1 aromatic carbocycles. The van der Waals surface area contributed by atoms with Crippen LogP contribution in [0.4, 0.5) is 11.4 Å². The average molecular weight is 416 g/mol. The molecule has 2 rings (SSSR count). The summed E-state index contributed by atoms with van der Waals surface area (Å²) < 4.78 is 5.80. The zero-order chi connectivity index (χ0) is 15.2. The van der Waals surface area contributed by atoms with E-state index < -0.39 is 0 Å². The van der Waals surface area contributed by atoms with E-state index >= 15 is 0 Å². The number of anilines is 2. The lowest BCUT2D eigenvalue weighted by molar-refractivity contribution is -0.119. The van der Waals surface area contributed by atoms with Crippen molar-refractivity contribution in [1.82, 2.24) is 0 Å². The molecule has 0 unspecified atom stereocenters. The van der Waals surface area contributed by atoms with E-state index in [1.807, 2.05) is 11.4 Å². The van der Waals surface area contributed by atoms with E-state index in [0.29, 0.717) is 16.9 Å². The van der Waals surface area contributed by atoms with Gasteiger partial charge in [0.25, 0.3) is 5.91 Å². The van der Waals surface area contributed by atoms with Crippen LogP contribution < -0.4 is 10.6 Å². The summed E-state index contributed by atoms with van der Waals surface area (Å²) in [6, 6.07) is 8.75. The minimum atomic E-state index is -0.220. The Bertz CT molecular complexity index is 640. The summed E-state index contributed by atoms with van der Waals surface area (Å²) in [6.45, 7) is 0.00921. The van der Waals surface area contributed by atoms with Gasteiger partial charge < -0.3 is 15.4 Å².